The Labute approximate surface area is 218 Å². The number of carbonyl (C=O) groups is 1. The predicted molar refractivity (Wildman–Crippen MR) is 143 cm³/mol. The van der Waals surface area contributed by atoms with E-state index >= 15 is 0 Å². The first-order valence-electron chi connectivity index (χ1n) is 13.4. The van der Waals surface area contributed by atoms with Crippen LogP contribution in [0.1, 0.15) is 49.1 Å². The van der Waals surface area contributed by atoms with Gasteiger partial charge >= 0.3 is 6.09 Å². The predicted octanol–water partition coefficient (Wildman–Crippen LogP) is 3.76. The largest absolute Gasteiger partial charge is 0.449 e. The van der Waals surface area contributed by atoms with Crippen molar-refractivity contribution < 1.29 is 9.53 Å². The summed E-state index contributed by atoms with van der Waals surface area (Å²) >= 11 is 0. The Balaban J connectivity index is 1.24. The van der Waals surface area contributed by atoms with Gasteiger partial charge in [-0.2, -0.15) is 10.2 Å². The Kier molecular flexibility index (Phi) is 7.90. The van der Waals surface area contributed by atoms with Crippen molar-refractivity contribution in [1.82, 2.24) is 19.8 Å². The molecule has 2 N–H and O–H groups in total. The zero-order chi connectivity index (χ0) is 25.6. The van der Waals surface area contributed by atoms with Crippen LogP contribution < -0.4 is 15.5 Å². The second-order valence-corrected chi connectivity index (χ2v) is 10.1. The van der Waals surface area contributed by atoms with Crippen LogP contribution in [-0.2, 0) is 4.74 Å². The smallest absolute Gasteiger partial charge is 0.409 e. The summed E-state index contributed by atoms with van der Waals surface area (Å²) in [6, 6.07) is 8.80. The first-order chi connectivity index (χ1) is 18.1. The summed E-state index contributed by atoms with van der Waals surface area (Å²) in [5, 5.41) is 16.2. The van der Waals surface area contributed by atoms with Crippen LogP contribution in [-0.4, -0.2) is 85.3 Å². The standard InChI is InChI=1S/C27H36N8O2/c1-33-12-14-34(15-13-33)22-7-8-24(23(17-22)20-5-6-20)31-26-30-19-21(18-28)25(32-26)29-9-4-11-35-10-2-3-16-37-27(35)36/h7-8,17,19-20H,2-6,9-16H2,1H3,(H2,29,30,31,32). The third kappa shape index (κ3) is 6.41. The molecule has 0 radical (unpaired) electrons. The topological polar surface area (TPSA) is 110 Å². The second-order valence-electron chi connectivity index (χ2n) is 10.1. The monoisotopic (exact) mass is 504 g/mol. The average Bonchev–Trinajstić information content (AvgIpc) is 3.77. The molecule has 1 aliphatic carbocycles. The number of hydrogen-bond donors (Lipinski definition) is 2. The molecule has 37 heavy (non-hydrogen) atoms. The van der Waals surface area contributed by atoms with E-state index in [4.69, 9.17) is 4.74 Å². The van der Waals surface area contributed by atoms with Gasteiger partial charge in [0.25, 0.3) is 0 Å². The summed E-state index contributed by atoms with van der Waals surface area (Å²) in [5.74, 6) is 1.53. The highest BCUT2D eigenvalue weighted by Gasteiger charge is 2.28. The fraction of sp³-hybridized carbons (Fsp3) is 0.556. The molecule has 1 saturated carbocycles. The summed E-state index contributed by atoms with van der Waals surface area (Å²) < 4.78 is 5.21. The van der Waals surface area contributed by atoms with E-state index in [1.807, 2.05) is 0 Å². The lowest BCUT2D eigenvalue weighted by atomic mass is 10.1. The van der Waals surface area contributed by atoms with Crippen LogP contribution in [0.15, 0.2) is 24.4 Å². The molecular formula is C27H36N8O2. The van der Waals surface area contributed by atoms with Crippen molar-refractivity contribution in [2.24, 2.45) is 0 Å². The summed E-state index contributed by atoms with van der Waals surface area (Å²) in [7, 11) is 2.17. The number of likely N-dealkylation sites (N-methyl/N-ethyl adjacent to an activating group) is 1. The number of piperazine rings is 1. The highest BCUT2D eigenvalue weighted by atomic mass is 16.6. The number of benzene rings is 1. The summed E-state index contributed by atoms with van der Waals surface area (Å²) in [6.07, 6.45) is 6.31. The van der Waals surface area contributed by atoms with Crippen LogP contribution >= 0.6 is 0 Å². The molecule has 2 saturated heterocycles. The number of carbonyl (C=O) groups excluding carboxylic acids is 1. The zero-order valence-electron chi connectivity index (χ0n) is 21.6. The Morgan fingerprint density at radius 3 is 2.78 bits per heavy atom. The molecule has 2 aliphatic heterocycles. The van der Waals surface area contributed by atoms with Crippen molar-refractivity contribution >= 4 is 29.2 Å². The number of aromatic nitrogens is 2. The minimum absolute atomic E-state index is 0.242. The quantitative estimate of drug-likeness (QED) is 0.493. The molecule has 3 heterocycles. The zero-order valence-corrected chi connectivity index (χ0v) is 21.6. The van der Waals surface area contributed by atoms with E-state index in [0.717, 1.165) is 57.7 Å². The average molecular weight is 505 g/mol. The Bertz CT molecular complexity index is 1140. The molecule has 0 bridgehead atoms. The SMILES string of the molecule is CN1CCN(c2ccc(Nc3ncc(C#N)c(NCCCN4CCCCOC4=O)n3)c(C3CC3)c2)CC1. The molecule has 5 rings (SSSR count). The number of anilines is 4. The van der Waals surface area contributed by atoms with Crippen molar-refractivity contribution in [3.05, 3.63) is 35.5 Å². The van der Waals surface area contributed by atoms with Gasteiger partial charge in [-0.1, -0.05) is 0 Å². The maximum absolute atomic E-state index is 12.0. The first kappa shape index (κ1) is 25.1. The van der Waals surface area contributed by atoms with Gasteiger partial charge in [0.1, 0.15) is 17.5 Å². The van der Waals surface area contributed by atoms with Crippen LogP contribution in [0.3, 0.4) is 0 Å². The molecule has 1 aromatic carbocycles. The maximum atomic E-state index is 12.0. The number of nitrogens with one attached hydrogen (secondary N) is 2. The van der Waals surface area contributed by atoms with Crippen LogP contribution in [0.5, 0.6) is 0 Å². The highest BCUT2D eigenvalue weighted by Crippen LogP contribution is 2.45. The molecule has 196 valence electrons. The van der Waals surface area contributed by atoms with Gasteiger partial charge in [-0.15, -0.1) is 0 Å². The fourth-order valence-electron chi connectivity index (χ4n) is 4.86. The van der Waals surface area contributed by atoms with E-state index in [0.29, 0.717) is 42.9 Å². The van der Waals surface area contributed by atoms with Crippen LogP contribution in [0.2, 0.25) is 0 Å². The number of nitrogens with zero attached hydrogens (tertiary/aromatic N) is 6. The maximum Gasteiger partial charge on any atom is 0.409 e. The van der Waals surface area contributed by atoms with Gasteiger partial charge in [-0.3, -0.25) is 0 Å². The summed E-state index contributed by atoms with van der Waals surface area (Å²) in [5.41, 5.74) is 4.00. The van der Waals surface area contributed by atoms with Gasteiger partial charge in [-0.25, -0.2) is 9.78 Å². The Morgan fingerprint density at radius 2 is 2.00 bits per heavy atom. The van der Waals surface area contributed by atoms with Gasteiger partial charge < -0.3 is 30.1 Å². The van der Waals surface area contributed by atoms with Crippen molar-refractivity contribution in [2.75, 3.05) is 75.0 Å². The van der Waals surface area contributed by atoms with Gasteiger partial charge in [0.05, 0.1) is 12.8 Å². The normalized spacial score (nSPS) is 18.6. The molecule has 3 aliphatic rings. The fourth-order valence-corrected chi connectivity index (χ4v) is 4.86. The van der Waals surface area contributed by atoms with E-state index in [1.54, 1.807) is 11.1 Å². The lowest BCUT2D eigenvalue weighted by Gasteiger charge is -2.34. The van der Waals surface area contributed by atoms with Crippen molar-refractivity contribution in [3.8, 4) is 6.07 Å². The Hall–Kier alpha value is -3.58. The highest BCUT2D eigenvalue weighted by molar-refractivity contribution is 5.68. The van der Waals surface area contributed by atoms with Crippen molar-refractivity contribution in [3.63, 3.8) is 0 Å². The third-order valence-electron chi connectivity index (χ3n) is 7.28. The van der Waals surface area contributed by atoms with E-state index in [2.05, 4.69) is 61.7 Å². The molecule has 3 fully saturated rings. The van der Waals surface area contributed by atoms with Gasteiger partial charge in [0.2, 0.25) is 5.95 Å². The lowest BCUT2D eigenvalue weighted by molar-refractivity contribution is 0.116. The molecule has 0 atom stereocenters. The molecule has 0 unspecified atom stereocenters. The lowest BCUT2D eigenvalue weighted by Crippen LogP contribution is -2.44. The van der Waals surface area contributed by atoms with E-state index in [1.165, 1.54) is 24.1 Å². The molecule has 1 amide bonds. The molecular weight excluding hydrogens is 468 g/mol. The third-order valence-corrected chi connectivity index (χ3v) is 7.28. The van der Waals surface area contributed by atoms with Crippen LogP contribution in [0.25, 0.3) is 0 Å². The van der Waals surface area contributed by atoms with Gasteiger partial charge in [0.15, 0.2) is 0 Å². The number of hydrogen-bond acceptors (Lipinski definition) is 9. The summed E-state index contributed by atoms with van der Waals surface area (Å²) in [4.78, 5) is 27.6. The van der Waals surface area contributed by atoms with Gasteiger partial charge in [-0.05, 0) is 68.8 Å². The summed E-state index contributed by atoms with van der Waals surface area (Å²) in [6.45, 7) is 6.65. The number of amides is 1. The Morgan fingerprint density at radius 1 is 1.16 bits per heavy atom. The number of cyclic esters (lactones) is 1. The minimum atomic E-state index is -0.242. The molecule has 10 nitrogen and oxygen atoms in total. The van der Waals surface area contributed by atoms with Crippen molar-refractivity contribution in [1.29, 1.82) is 5.26 Å². The number of nitriles is 1. The first-order valence-corrected chi connectivity index (χ1v) is 13.4. The second kappa shape index (κ2) is 11.6. The van der Waals surface area contributed by atoms with Crippen LogP contribution in [0, 0.1) is 11.3 Å². The van der Waals surface area contributed by atoms with Crippen LogP contribution in [0.4, 0.5) is 27.9 Å². The van der Waals surface area contributed by atoms with E-state index < -0.39 is 0 Å². The van der Waals surface area contributed by atoms with E-state index in [-0.39, 0.29) is 6.09 Å². The molecule has 0 spiro atoms. The number of rotatable bonds is 9. The van der Waals surface area contributed by atoms with Crippen molar-refractivity contribution in [2.45, 2.75) is 38.0 Å². The molecule has 1 aromatic heterocycles. The van der Waals surface area contributed by atoms with Gasteiger partial charge in [0, 0.05) is 57.2 Å². The molecule has 2 aromatic rings. The number of ether oxygens (including phenoxy) is 1. The van der Waals surface area contributed by atoms with E-state index in [9.17, 15) is 10.1 Å². The minimum Gasteiger partial charge on any atom is -0.449 e. The molecule has 10 heteroatoms.